The van der Waals surface area contributed by atoms with Gasteiger partial charge in [-0.2, -0.15) is 4.39 Å². The fourth-order valence-electron chi connectivity index (χ4n) is 3.72. The second-order valence-electron chi connectivity index (χ2n) is 7.08. The van der Waals surface area contributed by atoms with Gasteiger partial charge < -0.3 is 24.6 Å². The molecule has 0 radical (unpaired) electrons. The van der Waals surface area contributed by atoms with Crippen molar-refractivity contribution in [2.45, 2.75) is 25.9 Å². The molecule has 1 saturated heterocycles. The topological polar surface area (TPSA) is 66.9 Å². The van der Waals surface area contributed by atoms with Crippen molar-refractivity contribution in [2.75, 3.05) is 31.3 Å². The molecule has 2 amide bonds. The number of amides is 2. The summed E-state index contributed by atoms with van der Waals surface area (Å²) in [5, 5.41) is 3.05. The molecule has 28 heavy (non-hydrogen) atoms. The van der Waals surface area contributed by atoms with E-state index in [9.17, 15) is 9.18 Å². The third-order valence-corrected chi connectivity index (χ3v) is 5.20. The Labute approximate surface area is 163 Å². The molecule has 0 aliphatic carbocycles. The van der Waals surface area contributed by atoms with E-state index in [1.165, 1.54) is 12.3 Å². The zero-order valence-electron chi connectivity index (χ0n) is 15.9. The van der Waals surface area contributed by atoms with E-state index in [0.717, 1.165) is 11.3 Å². The third kappa shape index (κ3) is 3.54. The summed E-state index contributed by atoms with van der Waals surface area (Å²) in [5.41, 5.74) is 1.67. The second kappa shape index (κ2) is 7.53. The van der Waals surface area contributed by atoms with Crippen LogP contribution in [0.15, 0.2) is 36.5 Å². The summed E-state index contributed by atoms with van der Waals surface area (Å²) in [5.74, 6) is 0.888. The van der Waals surface area contributed by atoms with Crippen LogP contribution in [0.5, 0.6) is 11.5 Å². The number of carbonyl (C=O) groups is 1. The molecule has 2 aromatic rings. The smallest absolute Gasteiger partial charge is 0.318 e. The third-order valence-electron chi connectivity index (χ3n) is 5.20. The second-order valence-corrected chi connectivity index (χ2v) is 7.08. The molecule has 148 valence electrons. The van der Waals surface area contributed by atoms with Crippen LogP contribution < -0.4 is 19.7 Å². The highest BCUT2D eigenvalue weighted by Crippen LogP contribution is 2.38. The number of urea groups is 1. The van der Waals surface area contributed by atoms with E-state index in [1.807, 2.05) is 36.9 Å². The Morgan fingerprint density at radius 3 is 2.96 bits per heavy atom. The molecule has 1 aromatic heterocycles. The highest BCUT2D eigenvalue weighted by Gasteiger charge is 2.29. The van der Waals surface area contributed by atoms with E-state index in [1.54, 1.807) is 6.07 Å². The molecule has 2 atom stereocenters. The van der Waals surface area contributed by atoms with Crippen molar-refractivity contribution in [3.63, 3.8) is 0 Å². The highest BCUT2D eigenvalue weighted by atomic mass is 19.1. The van der Waals surface area contributed by atoms with Crippen LogP contribution in [-0.4, -0.2) is 48.4 Å². The number of halogens is 1. The van der Waals surface area contributed by atoms with Crippen LogP contribution >= 0.6 is 0 Å². The van der Waals surface area contributed by atoms with Gasteiger partial charge in [-0.05, 0) is 26.0 Å². The first kappa shape index (κ1) is 18.3. The van der Waals surface area contributed by atoms with Crippen LogP contribution in [-0.2, 0) is 0 Å². The minimum Gasteiger partial charge on any atom is -0.454 e. The van der Waals surface area contributed by atoms with Gasteiger partial charge in [-0.1, -0.05) is 12.1 Å². The quantitative estimate of drug-likeness (QED) is 0.822. The molecule has 2 aliphatic rings. The summed E-state index contributed by atoms with van der Waals surface area (Å²) < 4.78 is 24.3. The number of aromatic nitrogens is 1. The Balaban J connectivity index is 1.40. The molecule has 4 rings (SSSR count). The number of anilines is 1. The minimum atomic E-state index is -0.499. The van der Waals surface area contributed by atoms with Gasteiger partial charge in [0.15, 0.2) is 11.5 Å². The van der Waals surface area contributed by atoms with Crippen molar-refractivity contribution >= 4 is 11.7 Å². The fraction of sp³-hybridized carbons (Fsp3) is 0.400. The largest absolute Gasteiger partial charge is 0.454 e. The fourth-order valence-corrected chi connectivity index (χ4v) is 3.72. The van der Waals surface area contributed by atoms with Crippen molar-refractivity contribution < 1.29 is 18.7 Å². The van der Waals surface area contributed by atoms with Crippen LogP contribution in [0.3, 0.4) is 0 Å². The van der Waals surface area contributed by atoms with Crippen LogP contribution in [0, 0.1) is 5.95 Å². The first-order chi connectivity index (χ1) is 13.5. The van der Waals surface area contributed by atoms with Crippen molar-refractivity contribution in [3.05, 3.63) is 48.0 Å². The Kier molecular flexibility index (Phi) is 4.93. The summed E-state index contributed by atoms with van der Waals surface area (Å²) in [6.07, 6.45) is 1.46. The molecular formula is C20H23FN4O3. The number of para-hydroxylation sites is 1. The van der Waals surface area contributed by atoms with Crippen LogP contribution in [0.2, 0.25) is 0 Å². The maximum absolute atomic E-state index is 13.4. The normalized spacial score (nSPS) is 19.5. The number of carbonyl (C=O) groups excluding carboxylic acids is 1. The van der Waals surface area contributed by atoms with Gasteiger partial charge in [-0.15, -0.1) is 0 Å². The molecule has 0 bridgehead atoms. The molecule has 1 fully saturated rings. The number of ether oxygens (including phenoxy) is 2. The Morgan fingerprint density at radius 2 is 2.18 bits per heavy atom. The lowest BCUT2D eigenvalue weighted by atomic mass is 10.1. The molecule has 0 spiro atoms. The van der Waals surface area contributed by atoms with Crippen molar-refractivity contribution in [2.24, 2.45) is 0 Å². The molecule has 3 heterocycles. The average molecular weight is 386 g/mol. The van der Waals surface area contributed by atoms with E-state index >= 15 is 0 Å². The zero-order valence-corrected chi connectivity index (χ0v) is 15.9. The van der Waals surface area contributed by atoms with Crippen LogP contribution in [0.25, 0.3) is 0 Å². The predicted molar refractivity (Wildman–Crippen MR) is 102 cm³/mol. The van der Waals surface area contributed by atoms with E-state index < -0.39 is 5.95 Å². The van der Waals surface area contributed by atoms with Gasteiger partial charge in [0, 0.05) is 49.2 Å². The number of nitrogens with one attached hydrogen (secondary N) is 1. The van der Waals surface area contributed by atoms with Crippen molar-refractivity contribution in [1.29, 1.82) is 0 Å². The molecule has 8 heteroatoms. The maximum atomic E-state index is 13.4. The van der Waals surface area contributed by atoms with E-state index in [4.69, 9.17) is 9.47 Å². The minimum absolute atomic E-state index is 0.0155. The molecule has 2 aliphatic heterocycles. The number of fused-ring (bicyclic) bond motifs is 1. The molecule has 1 N–H and O–H groups in total. The Morgan fingerprint density at radius 1 is 1.32 bits per heavy atom. The SMILES string of the molecule is CC(NC(=O)N1CCN(c2ccnc(F)c2)C[C@H]1C)c1cccc2c1OCO2. The van der Waals surface area contributed by atoms with Crippen LogP contribution in [0.4, 0.5) is 14.9 Å². The first-order valence-electron chi connectivity index (χ1n) is 9.35. The Hall–Kier alpha value is -3.03. The number of hydrogen-bond acceptors (Lipinski definition) is 5. The average Bonchev–Trinajstić information content (AvgIpc) is 3.16. The number of pyridine rings is 1. The van der Waals surface area contributed by atoms with Gasteiger partial charge >= 0.3 is 6.03 Å². The summed E-state index contributed by atoms with van der Waals surface area (Å²) in [6.45, 7) is 5.93. The number of nitrogens with zero attached hydrogens (tertiary/aromatic N) is 3. The van der Waals surface area contributed by atoms with Gasteiger partial charge in [0.2, 0.25) is 12.7 Å². The van der Waals surface area contributed by atoms with Gasteiger partial charge in [-0.25, -0.2) is 9.78 Å². The molecule has 1 aromatic carbocycles. The van der Waals surface area contributed by atoms with Crippen molar-refractivity contribution in [3.8, 4) is 11.5 Å². The maximum Gasteiger partial charge on any atom is 0.318 e. The molecular weight excluding hydrogens is 363 g/mol. The Bertz CT molecular complexity index is 878. The van der Waals surface area contributed by atoms with Gasteiger partial charge in [0.05, 0.1) is 6.04 Å². The monoisotopic (exact) mass is 386 g/mol. The number of rotatable bonds is 3. The standard InChI is InChI=1S/C20H23FN4O3/c1-13-11-24(15-6-7-22-18(21)10-15)8-9-25(13)20(26)23-14(2)16-4-3-5-17-19(16)28-12-27-17/h3-7,10,13-14H,8-9,11-12H2,1-2H3,(H,23,26)/t13-,14?/m1/s1. The van der Waals surface area contributed by atoms with E-state index in [2.05, 4.69) is 15.2 Å². The zero-order chi connectivity index (χ0) is 19.7. The molecule has 1 unspecified atom stereocenters. The van der Waals surface area contributed by atoms with E-state index in [-0.39, 0.29) is 24.9 Å². The number of piperazine rings is 1. The van der Waals surface area contributed by atoms with Gasteiger partial charge in [0.25, 0.3) is 0 Å². The summed E-state index contributed by atoms with van der Waals surface area (Å²) in [6, 6.07) is 8.51. The first-order valence-corrected chi connectivity index (χ1v) is 9.35. The highest BCUT2D eigenvalue weighted by molar-refractivity contribution is 5.76. The summed E-state index contributed by atoms with van der Waals surface area (Å²) in [7, 11) is 0. The summed E-state index contributed by atoms with van der Waals surface area (Å²) >= 11 is 0. The predicted octanol–water partition coefficient (Wildman–Crippen LogP) is 2.93. The lowest BCUT2D eigenvalue weighted by molar-refractivity contribution is 0.167. The lowest BCUT2D eigenvalue weighted by Gasteiger charge is -2.41. The molecule has 0 saturated carbocycles. The molecule has 7 nitrogen and oxygen atoms in total. The van der Waals surface area contributed by atoms with Gasteiger partial charge in [0.1, 0.15) is 0 Å². The van der Waals surface area contributed by atoms with E-state index in [0.29, 0.717) is 31.1 Å². The lowest BCUT2D eigenvalue weighted by Crippen LogP contribution is -2.56. The summed E-state index contributed by atoms with van der Waals surface area (Å²) in [4.78, 5) is 20.3. The number of benzene rings is 1. The van der Waals surface area contributed by atoms with Gasteiger partial charge in [-0.3, -0.25) is 0 Å². The van der Waals surface area contributed by atoms with Crippen molar-refractivity contribution in [1.82, 2.24) is 15.2 Å². The number of hydrogen-bond donors (Lipinski definition) is 1. The van der Waals surface area contributed by atoms with Crippen LogP contribution in [0.1, 0.15) is 25.5 Å².